The predicted molar refractivity (Wildman–Crippen MR) is 111 cm³/mol. The topological polar surface area (TPSA) is 37.1 Å². The van der Waals surface area contributed by atoms with Crippen LogP contribution in [0.15, 0.2) is 54.6 Å². The number of hydrogen-bond donors (Lipinski definition) is 2. The molecule has 2 aromatic carbocycles. The van der Waals surface area contributed by atoms with Crippen molar-refractivity contribution in [2.75, 3.05) is 44.2 Å². The summed E-state index contributed by atoms with van der Waals surface area (Å²) >= 11 is 0. The van der Waals surface area contributed by atoms with E-state index in [1.807, 2.05) is 12.1 Å². The zero-order valence-corrected chi connectivity index (χ0v) is 16.6. The van der Waals surface area contributed by atoms with Crippen molar-refractivity contribution in [2.24, 2.45) is 0 Å². The standard InChI is InChI=1S/C23H32N2O2/c1-3-19(2)22-11-7-8-12-23(22)27-18-21(26)17-24-13-15-25(16-14-24)20-9-5-4-6-10-20/h4-12,19,21,26H,3,13-18H2,1-2H3/p+1/t19-,21-/m1/s1. The second-order valence-electron chi connectivity index (χ2n) is 7.59. The highest BCUT2D eigenvalue weighted by atomic mass is 16.5. The minimum Gasteiger partial charge on any atom is -0.490 e. The van der Waals surface area contributed by atoms with Crippen LogP contribution < -0.4 is 14.5 Å². The fourth-order valence-corrected chi connectivity index (χ4v) is 3.74. The summed E-state index contributed by atoms with van der Waals surface area (Å²) in [6.45, 7) is 9.68. The van der Waals surface area contributed by atoms with Crippen LogP contribution in [0.3, 0.4) is 0 Å². The molecule has 0 amide bonds. The van der Waals surface area contributed by atoms with Crippen LogP contribution in [0.5, 0.6) is 5.75 Å². The number of nitrogens with zero attached hydrogens (tertiary/aromatic N) is 1. The number of nitrogens with one attached hydrogen (secondary N) is 1. The van der Waals surface area contributed by atoms with E-state index >= 15 is 0 Å². The van der Waals surface area contributed by atoms with Crippen LogP contribution in [0.2, 0.25) is 0 Å². The van der Waals surface area contributed by atoms with E-state index in [-0.39, 0.29) is 0 Å². The van der Waals surface area contributed by atoms with E-state index < -0.39 is 6.10 Å². The third-order valence-corrected chi connectivity index (χ3v) is 5.61. The van der Waals surface area contributed by atoms with Crippen LogP contribution in [0.4, 0.5) is 5.69 Å². The fourth-order valence-electron chi connectivity index (χ4n) is 3.74. The Morgan fingerprint density at radius 1 is 1.04 bits per heavy atom. The number of para-hydroxylation sites is 2. The summed E-state index contributed by atoms with van der Waals surface area (Å²) in [4.78, 5) is 3.88. The van der Waals surface area contributed by atoms with Gasteiger partial charge in [-0.2, -0.15) is 0 Å². The first-order valence-corrected chi connectivity index (χ1v) is 10.2. The quantitative estimate of drug-likeness (QED) is 0.750. The number of piperazine rings is 1. The Kier molecular flexibility index (Phi) is 7.13. The van der Waals surface area contributed by atoms with Crippen LogP contribution in [0.1, 0.15) is 31.7 Å². The van der Waals surface area contributed by atoms with Gasteiger partial charge < -0.3 is 19.6 Å². The van der Waals surface area contributed by atoms with Crippen LogP contribution in [-0.2, 0) is 0 Å². The maximum absolute atomic E-state index is 10.5. The SMILES string of the molecule is CC[C@@H](C)c1ccccc1OC[C@H](O)C[NH+]1CCN(c2ccccc2)CC1. The Morgan fingerprint density at radius 3 is 2.41 bits per heavy atom. The molecule has 4 nitrogen and oxygen atoms in total. The molecule has 3 rings (SSSR count). The van der Waals surface area contributed by atoms with Crippen molar-refractivity contribution in [3.63, 3.8) is 0 Å². The van der Waals surface area contributed by atoms with E-state index in [2.05, 4.69) is 61.2 Å². The molecule has 0 saturated carbocycles. The highest BCUT2D eigenvalue weighted by Crippen LogP contribution is 2.28. The molecule has 1 heterocycles. The lowest BCUT2D eigenvalue weighted by molar-refractivity contribution is -0.903. The molecule has 0 bridgehead atoms. The lowest BCUT2D eigenvalue weighted by atomic mass is 9.98. The summed E-state index contributed by atoms with van der Waals surface area (Å²) in [5.74, 6) is 1.38. The van der Waals surface area contributed by atoms with Gasteiger partial charge in [0, 0.05) is 5.69 Å². The molecule has 0 radical (unpaired) electrons. The van der Waals surface area contributed by atoms with Gasteiger partial charge in [-0.3, -0.25) is 0 Å². The van der Waals surface area contributed by atoms with Crippen molar-refractivity contribution in [3.8, 4) is 5.75 Å². The maximum atomic E-state index is 10.5. The van der Waals surface area contributed by atoms with E-state index in [9.17, 15) is 5.11 Å². The highest BCUT2D eigenvalue weighted by molar-refractivity contribution is 5.46. The zero-order chi connectivity index (χ0) is 19.1. The lowest BCUT2D eigenvalue weighted by Crippen LogP contribution is -3.16. The van der Waals surface area contributed by atoms with Crippen molar-refractivity contribution in [2.45, 2.75) is 32.3 Å². The third kappa shape index (κ3) is 5.47. The Labute approximate surface area is 163 Å². The Balaban J connectivity index is 1.45. The van der Waals surface area contributed by atoms with Gasteiger partial charge >= 0.3 is 0 Å². The third-order valence-electron chi connectivity index (χ3n) is 5.61. The van der Waals surface area contributed by atoms with Crippen LogP contribution >= 0.6 is 0 Å². The van der Waals surface area contributed by atoms with Crippen LogP contribution in [-0.4, -0.2) is 50.5 Å². The lowest BCUT2D eigenvalue weighted by Gasteiger charge is -2.34. The van der Waals surface area contributed by atoms with E-state index in [0.29, 0.717) is 12.5 Å². The number of aliphatic hydroxyl groups is 1. The molecule has 27 heavy (non-hydrogen) atoms. The van der Waals surface area contributed by atoms with Crippen molar-refractivity contribution in [1.29, 1.82) is 0 Å². The van der Waals surface area contributed by atoms with Crippen molar-refractivity contribution in [3.05, 3.63) is 60.2 Å². The van der Waals surface area contributed by atoms with Crippen molar-refractivity contribution < 1.29 is 14.7 Å². The molecule has 1 aliphatic rings. The summed E-state index contributed by atoms with van der Waals surface area (Å²) in [5.41, 5.74) is 2.53. The van der Waals surface area contributed by atoms with Gasteiger partial charge in [-0.15, -0.1) is 0 Å². The number of benzene rings is 2. The van der Waals surface area contributed by atoms with Gasteiger partial charge in [-0.05, 0) is 36.1 Å². The molecule has 0 aromatic heterocycles. The highest BCUT2D eigenvalue weighted by Gasteiger charge is 2.23. The average molecular weight is 370 g/mol. The molecule has 2 aromatic rings. The molecule has 0 aliphatic carbocycles. The number of quaternary nitrogens is 1. The zero-order valence-electron chi connectivity index (χ0n) is 16.6. The first-order chi connectivity index (χ1) is 13.2. The number of rotatable bonds is 8. The first kappa shape index (κ1) is 19.7. The summed E-state index contributed by atoms with van der Waals surface area (Å²) in [7, 11) is 0. The van der Waals surface area contributed by atoms with E-state index in [4.69, 9.17) is 4.74 Å². The Morgan fingerprint density at radius 2 is 1.70 bits per heavy atom. The number of anilines is 1. The van der Waals surface area contributed by atoms with E-state index in [1.165, 1.54) is 16.2 Å². The number of aliphatic hydroxyl groups excluding tert-OH is 1. The number of hydrogen-bond acceptors (Lipinski definition) is 3. The number of ether oxygens (including phenoxy) is 1. The van der Waals surface area contributed by atoms with Crippen LogP contribution in [0.25, 0.3) is 0 Å². The molecule has 1 fully saturated rings. The second kappa shape index (κ2) is 9.77. The van der Waals surface area contributed by atoms with Gasteiger partial charge in [0.25, 0.3) is 0 Å². The molecular formula is C23H33N2O2+. The molecule has 2 atom stereocenters. The molecule has 0 spiro atoms. The molecule has 2 N–H and O–H groups in total. The summed E-state index contributed by atoms with van der Waals surface area (Å²) < 4.78 is 5.98. The molecule has 1 saturated heterocycles. The fraction of sp³-hybridized carbons (Fsp3) is 0.478. The van der Waals surface area contributed by atoms with Gasteiger partial charge in [-0.25, -0.2) is 0 Å². The Bertz CT molecular complexity index is 684. The minimum atomic E-state index is -0.437. The van der Waals surface area contributed by atoms with E-state index in [0.717, 1.165) is 44.9 Å². The average Bonchev–Trinajstić information content (AvgIpc) is 2.73. The molecular weight excluding hydrogens is 336 g/mol. The first-order valence-electron chi connectivity index (χ1n) is 10.2. The second-order valence-corrected chi connectivity index (χ2v) is 7.59. The minimum absolute atomic E-state index is 0.360. The summed E-state index contributed by atoms with van der Waals surface area (Å²) in [5, 5.41) is 10.5. The van der Waals surface area contributed by atoms with Crippen molar-refractivity contribution >= 4 is 5.69 Å². The van der Waals surface area contributed by atoms with Gasteiger partial charge in [0.2, 0.25) is 0 Å². The maximum Gasteiger partial charge on any atom is 0.137 e. The normalized spacial score (nSPS) is 17.5. The van der Waals surface area contributed by atoms with E-state index in [1.54, 1.807) is 0 Å². The summed E-state index contributed by atoms with van der Waals surface area (Å²) in [6, 6.07) is 18.8. The van der Waals surface area contributed by atoms with Gasteiger partial charge in [-0.1, -0.05) is 50.2 Å². The van der Waals surface area contributed by atoms with Gasteiger partial charge in [0.05, 0.1) is 26.2 Å². The Hall–Kier alpha value is -2.04. The summed E-state index contributed by atoms with van der Waals surface area (Å²) in [6.07, 6.45) is 0.645. The predicted octanol–water partition coefficient (Wildman–Crippen LogP) is 2.34. The van der Waals surface area contributed by atoms with Crippen molar-refractivity contribution in [1.82, 2.24) is 0 Å². The molecule has 1 aliphatic heterocycles. The largest absolute Gasteiger partial charge is 0.490 e. The molecule has 4 heteroatoms. The smallest absolute Gasteiger partial charge is 0.137 e. The monoisotopic (exact) mass is 369 g/mol. The van der Waals surface area contributed by atoms with Gasteiger partial charge in [0.15, 0.2) is 0 Å². The van der Waals surface area contributed by atoms with Gasteiger partial charge in [0.1, 0.15) is 25.0 Å². The molecule has 146 valence electrons. The molecule has 0 unspecified atom stereocenters. The van der Waals surface area contributed by atoms with Crippen LogP contribution in [0, 0.1) is 0 Å².